The van der Waals surface area contributed by atoms with Crippen LogP contribution in [0.5, 0.6) is 0 Å². The molecule has 0 aliphatic carbocycles. The van der Waals surface area contributed by atoms with Crippen molar-refractivity contribution >= 4 is 9.84 Å². The Hall–Kier alpha value is -1.05. The molecule has 0 bridgehead atoms. The molecular weight excluding hydrogens is 262 g/mol. The molecule has 1 atom stereocenters. The lowest BCUT2D eigenvalue weighted by Crippen LogP contribution is -2.47. The lowest BCUT2D eigenvalue weighted by molar-refractivity contribution is 0.402. The van der Waals surface area contributed by atoms with Crippen LogP contribution in [0.4, 0.5) is 8.78 Å². The predicted molar refractivity (Wildman–Crippen MR) is 65.3 cm³/mol. The van der Waals surface area contributed by atoms with Crippen molar-refractivity contribution in [1.29, 1.82) is 0 Å². The molecular formula is C11H16F2N2O2S. The monoisotopic (exact) mass is 278 g/mol. The molecule has 1 aromatic carbocycles. The van der Waals surface area contributed by atoms with E-state index in [1.165, 1.54) is 26.0 Å². The van der Waals surface area contributed by atoms with Crippen molar-refractivity contribution < 1.29 is 17.2 Å². The minimum atomic E-state index is -3.52. The molecule has 0 amide bonds. The van der Waals surface area contributed by atoms with Gasteiger partial charge >= 0.3 is 0 Å². The zero-order chi connectivity index (χ0) is 14.1. The average Bonchev–Trinajstić information content (AvgIpc) is 2.23. The van der Waals surface area contributed by atoms with Crippen molar-refractivity contribution in [3.8, 4) is 0 Å². The average molecular weight is 278 g/mol. The van der Waals surface area contributed by atoms with Gasteiger partial charge in [-0.1, -0.05) is 12.1 Å². The Kier molecular flexibility index (Phi) is 4.09. The van der Waals surface area contributed by atoms with Crippen LogP contribution in [-0.4, -0.2) is 19.4 Å². The molecule has 0 saturated heterocycles. The Morgan fingerprint density at radius 1 is 1.33 bits per heavy atom. The van der Waals surface area contributed by atoms with Crippen molar-refractivity contribution in [1.82, 2.24) is 5.43 Å². The Labute approximate surface area is 105 Å². The number of halogens is 2. The molecule has 1 aromatic rings. The van der Waals surface area contributed by atoms with Gasteiger partial charge in [-0.25, -0.2) is 17.2 Å². The quantitative estimate of drug-likeness (QED) is 0.643. The number of benzene rings is 1. The van der Waals surface area contributed by atoms with Crippen molar-refractivity contribution in [2.24, 2.45) is 5.84 Å². The van der Waals surface area contributed by atoms with Gasteiger partial charge in [0, 0.05) is 11.8 Å². The highest BCUT2D eigenvalue weighted by atomic mass is 32.2. The van der Waals surface area contributed by atoms with Crippen LogP contribution in [0.15, 0.2) is 18.2 Å². The van der Waals surface area contributed by atoms with Gasteiger partial charge in [0.2, 0.25) is 0 Å². The van der Waals surface area contributed by atoms with E-state index in [0.29, 0.717) is 0 Å². The first-order chi connectivity index (χ1) is 8.13. The Morgan fingerprint density at radius 2 is 1.89 bits per heavy atom. The van der Waals surface area contributed by atoms with Gasteiger partial charge in [-0.15, -0.1) is 0 Å². The van der Waals surface area contributed by atoms with Crippen molar-refractivity contribution in [2.75, 3.05) is 6.26 Å². The standard InChI is InChI=1S/C11H16F2N2O2S/c1-11(2,18(3,16)17)10(15-14)7-5-4-6-8(12)9(7)13/h4-6,10,15H,14H2,1-3H3. The summed E-state index contributed by atoms with van der Waals surface area (Å²) in [4.78, 5) is 0. The third kappa shape index (κ3) is 2.52. The number of hydrogen-bond donors (Lipinski definition) is 2. The second kappa shape index (κ2) is 4.91. The normalized spacial score (nSPS) is 14.6. The van der Waals surface area contributed by atoms with Gasteiger partial charge in [-0.3, -0.25) is 11.3 Å². The third-order valence-corrected chi connectivity index (χ3v) is 5.26. The van der Waals surface area contributed by atoms with Crippen molar-refractivity contribution in [3.63, 3.8) is 0 Å². The Bertz CT molecular complexity index is 544. The van der Waals surface area contributed by atoms with E-state index in [1.807, 2.05) is 0 Å². The molecule has 0 radical (unpaired) electrons. The van der Waals surface area contributed by atoms with E-state index in [2.05, 4.69) is 5.43 Å². The summed E-state index contributed by atoms with van der Waals surface area (Å²) in [5.74, 6) is 3.16. The van der Waals surface area contributed by atoms with E-state index < -0.39 is 32.3 Å². The number of hydrogen-bond acceptors (Lipinski definition) is 4. The summed E-state index contributed by atoms with van der Waals surface area (Å²) in [6.45, 7) is 2.80. The van der Waals surface area contributed by atoms with Crippen molar-refractivity contribution in [3.05, 3.63) is 35.4 Å². The molecule has 1 rings (SSSR count). The molecule has 1 unspecified atom stereocenters. The molecule has 0 fully saturated rings. The zero-order valence-electron chi connectivity index (χ0n) is 10.4. The van der Waals surface area contributed by atoms with Gasteiger partial charge in [-0.2, -0.15) is 0 Å². The van der Waals surface area contributed by atoms with Crippen LogP contribution in [-0.2, 0) is 9.84 Å². The lowest BCUT2D eigenvalue weighted by atomic mass is 9.95. The predicted octanol–water partition coefficient (Wildman–Crippen LogP) is 1.29. The van der Waals surface area contributed by atoms with Gasteiger partial charge in [0.25, 0.3) is 0 Å². The van der Waals surface area contributed by atoms with Crippen molar-refractivity contribution in [2.45, 2.75) is 24.6 Å². The minimum Gasteiger partial charge on any atom is -0.271 e. The summed E-state index contributed by atoms with van der Waals surface area (Å²) in [5, 5.41) is 0. The van der Waals surface area contributed by atoms with E-state index in [1.54, 1.807) is 0 Å². The second-order valence-corrected chi connectivity index (χ2v) is 7.21. The fraction of sp³-hybridized carbons (Fsp3) is 0.455. The fourth-order valence-electron chi connectivity index (χ4n) is 1.62. The third-order valence-electron chi connectivity index (χ3n) is 3.11. The van der Waals surface area contributed by atoms with E-state index in [9.17, 15) is 17.2 Å². The largest absolute Gasteiger partial charge is 0.271 e. The summed E-state index contributed by atoms with van der Waals surface area (Å²) < 4.78 is 48.9. The number of sulfone groups is 1. The number of nitrogens with one attached hydrogen (secondary N) is 1. The van der Waals surface area contributed by atoms with Crippen LogP contribution in [0, 0.1) is 11.6 Å². The number of hydrazine groups is 1. The topological polar surface area (TPSA) is 72.2 Å². The van der Waals surface area contributed by atoms with E-state index in [4.69, 9.17) is 5.84 Å². The van der Waals surface area contributed by atoms with Gasteiger partial charge in [0.05, 0.1) is 10.8 Å². The van der Waals surface area contributed by atoms with Crippen LogP contribution in [0.3, 0.4) is 0 Å². The Balaban J connectivity index is 3.40. The summed E-state index contributed by atoms with van der Waals surface area (Å²) in [6.07, 6.45) is 1.02. The zero-order valence-corrected chi connectivity index (χ0v) is 11.2. The smallest absolute Gasteiger partial charge is 0.163 e. The van der Waals surface area contributed by atoms with Crippen LogP contribution in [0.25, 0.3) is 0 Å². The minimum absolute atomic E-state index is 0.118. The first kappa shape index (κ1) is 15.0. The SMILES string of the molecule is CC(C)(C(NN)c1cccc(F)c1F)S(C)(=O)=O. The molecule has 0 aliphatic heterocycles. The molecule has 7 heteroatoms. The maximum absolute atomic E-state index is 13.7. The number of rotatable bonds is 4. The first-order valence-electron chi connectivity index (χ1n) is 5.22. The highest BCUT2D eigenvalue weighted by Gasteiger charge is 2.41. The summed E-state index contributed by atoms with van der Waals surface area (Å²) >= 11 is 0. The first-order valence-corrected chi connectivity index (χ1v) is 7.11. The van der Waals surface area contributed by atoms with Gasteiger partial charge in [0.1, 0.15) is 0 Å². The van der Waals surface area contributed by atoms with Crippen LogP contribution in [0.1, 0.15) is 25.5 Å². The van der Waals surface area contributed by atoms with E-state index >= 15 is 0 Å². The molecule has 18 heavy (non-hydrogen) atoms. The van der Waals surface area contributed by atoms with E-state index in [-0.39, 0.29) is 5.56 Å². The fourth-order valence-corrected chi connectivity index (χ4v) is 2.25. The van der Waals surface area contributed by atoms with Crippen LogP contribution in [0.2, 0.25) is 0 Å². The Morgan fingerprint density at radius 3 is 2.33 bits per heavy atom. The molecule has 102 valence electrons. The maximum Gasteiger partial charge on any atom is 0.163 e. The molecule has 0 spiro atoms. The maximum atomic E-state index is 13.7. The molecule has 0 aliphatic rings. The van der Waals surface area contributed by atoms with Gasteiger partial charge < -0.3 is 0 Å². The summed E-state index contributed by atoms with van der Waals surface area (Å²) in [6, 6.07) is 2.51. The second-order valence-electron chi connectivity index (χ2n) is 4.62. The highest BCUT2D eigenvalue weighted by molar-refractivity contribution is 7.92. The highest BCUT2D eigenvalue weighted by Crippen LogP contribution is 2.33. The molecule has 0 saturated carbocycles. The van der Waals surface area contributed by atoms with Gasteiger partial charge in [0.15, 0.2) is 21.5 Å². The molecule has 3 N–H and O–H groups in total. The summed E-state index contributed by atoms with van der Waals surface area (Å²) in [5.41, 5.74) is 2.13. The van der Waals surface area contributed by atoms with E-state index in [0.717, 1.165) is 12.3 Å². The van der Waals surface area contributed by atoms with Crippen LogP contribution < -0.4 is 11.3 Å². The summed E-state index contributed by atoms with van der Waals surface area (Å²) in [7, 11) is -3.52. The molecule has 0 aromatic heterocycles. The number of nitrogens with two attached hydrogens (primary N) is 1. The molecule has 4 nitrogen and oxygen atoms in total. The van der Waals surface area contributed by atoms with Crippen LogP contribution >= 0.6 is 0 Å². The molecule has 0 heterocycles. The lowest BCUT2D eigenvalue weighted by Gasteiger charge is -2.32. The van der Waals surface area contributed by atoms with Gasteiger partial charge in [-0.05, 0) is 19.9 Å².